The Morgan fingerprint density at radius 2 is 1.88 bits per heavy atom. The van der Waals surface area contributed by atoms with E-state index in [0.29, 0.717) is 36.0 Å². The third-order valence-corrected chi connectivity index (χ3v) is 4.40. The average molecular weight is 375 g/mol. The molecule has 138 valence electrons. The van der Waals surface area contributed by atoms with Crippen molar-refractivity contribution < 1.29 is 14.3 Å². The highest BCUT2D eigenvalue weighted by Crippen LogP contribution is 2.33. The van der Waals surface area contributed by atoms with Crippen LogP contribution < -0.4 is 15.0 Å². The molecule has 2 aromatic rings. The SMILES string of the molecule is COc1cc(Cl)c(C)cc1N(CCNC(=O)Cc1ccccc1)C(C)=O. The molecule has 0 heterocycles. The van der Waals surface area contributed by atoms with Gasteiger partial charge in [0.25, 0.3) is 0 Å². The molecule has 2 amide bonds. The smallest absolute Gasteiger partial charge is 0.224 e. The van der Waals surface area contributed by atoms with E-state index < -0.39 is 0 Å². The molecule has 1 N–H and O–H groups in total. The predicted octanol–water partition coefficient (Wildman–Crippen LogP) is 3.37. The summed E-state index contributed by atoms with van der Waals surface area (Å²) >= 11 is 6.13. The molecule has 0 aliphatic rings. The normalized spacial score (nSPS) is 10.3. The number of carbonyl (C=O) groups excluding carboxylic acids is 2. The lowest BCUT2D eigenvalue weighted by atomic mass is 10.1. The number of halogens is 1. The minimum Gasteiger partial charge on any atom is -0.495 e. The molecule has 0 saturated carbocycles. The van der Waals surface area contributed by atoms with Gasteiger partial charge in [-0.3, -0.25) is 9.59 Å². The largest absolute Gasteiger partial charge is 0.495 e. The van der Waals surface area contributed by atoms with Gasteiger partial charge in [0.05, 0.1) is 19.2 Å². The number of amides is 2. The van der Waals surface area contributed by atoms with Gasteiger partial charge in [0, 0.05) is 31.1 Å². The minimum atomic E-state index is -0.137. The van der Waals surface area contributed by atoms with Crippen molar-refractivity contribution in [2.75, 3.05) is 25.1 Å². The zero-order valence-corrected chi connectivity index (χ0v) is 16.0. The number of anilines is 1. The molecule has 0 unspecified atom stereocenters. The van der Waals surface area contributed by atoms with Gasteiger partial charge in [-0.15, -0.1) is 0 Å². The average Bonchev–Trinajstić information content (AvgIpc) is 2.61. The summed E-state index contributed by atoms with van der Waals surface area (Å²) in [6.45, 7) is 4.03. The first-order valence-electron chi connectivity index (χ1n) is 8.35. The van der Waals surface area contributed by atoms with Crippen LogP contribution in [0.25, 0.3) is 0 Å². The number of methoxy groups -OCH3 is 1. The molecule has 0 aromatic heterocycles. The van der Waals surface area contributed by atoms with Crippen LogP contribution in [0.5, 0.6) is 5.75 Å². The molecule has 6 heteroatoms. The highest BCUT2D eigenvalue weighted by molar-refractivity contribution is 6.31. The highest BCUT2D eigenvalue weighted by atomic mass is 35.5. The van der Waals surface area contributed by atoms with Gasteiger partial charge < -0.3 is 15.0 Å². The molecule has 0 aliphatic carbocycles. The molecule has 0 atom stereocenters. The lowest BCUT2D eigenvalue weighted by Gasteiger charge is -2.24. The maximum absolute atomic E-state index is 12.1. The first kappa shape index (κ1) is 19.8. The van der Waals surface area contributed by atoms with Gasteiger partial charge in [0.15, 0.2) is 0 Å². The van der Waals surface area contributed by atoms with Crippen LogP contribution in [0, 0.1) is 6.92 Å². The number of aryl methyl sites for hydroxylation is 1. The van der Waals surface area contributed by atoms with E-state index in [1.54, 1.807) is 11.0 Å². The Labute approximate surface area is 158 Å². The molecule has 26 heavy (non-hydrogen) atoms. The van der Waals surface area contributed by atoms with Crippen molar-refractivity contribution in [1.82, 2.24) is 5.32 Å². The number of nitrogens with one attached hydrogen (secondary N) is 1. The summed E-state index contributed by atoms with van der Waals surface area (Å²) in [6.07, 6.45) is 0.310. The molecule has 2 aromatic carbocycles. The molecule has 5 nitrogen and oxygen atoms in total. The number of hydrogen-bond donors (Lipinski definition) is 1. The summed E-state index contributed by atoms with van der Waals surface area (Å²) in [5, 5.41) is 3.42. The van der Waals surface area contributed by atoms with Crippen LogP contribution >= 0.6 is 11.6 Å². The number of nitrogens with zero attached hydrogens (tertiary/aromatic N) is 1. The fraction of sp³-hybridized carbons (Fsp3) is 0.300. The molecular formula is C20H23ClN2O3. The minimum absolute atomic E-state index is 0.0843. The number of carbonyl (C=O) groups is 2. The molecule has 0 spiro atoms. The molecule has 2 rings (SSSR count). The second-order valence-corrected chi connectivity index (χ2v) is 6.36. The molecule has 0 aliphatic heterocycles. The van der Waals surface area contributed by atoms with Crippen molar-refractivity contribution in [1.29, 1.82) is 0 Å². The van der Waals surface area contributed by atoms with E-state index in [0.717, 1.165) is 11.1 Å². The van der Waals surface area contributed by atoms with Gasteiger partial charge in [-0.1, -0.05) is 41.9 Å². The third kappa shape index (κ3) is 5.23. The summed E-state index contributed by atoms with van der Waals surface area (Å²) in [4.78, 5) is 25.7. The number of hydrogen-bond acceptors (Lipinski definition) is 3. The Hall–Kier alpha value is -2.53. The molecule has 0 bridgehead atoms. The number of ether oxygens (including phenoxy) is 1. The van der Waals surface area contributed by atoms with E-state index in [1.165, 1.54) is 14.0 Å². The lowest BCUT2D eigenvalue weighted by Crippen LogP contribution is -2.38. The summed E-state index contributed by atoms with van der Waals surface area (Å²) in [7, 11) is 1.53. The van der Waals surface area contributed by atoms with Crippen molar-refractivity contribution in [2.24, 2.45) is 0 Å². The Bertz CT molecular complexity index is 778. The molecular weight excluding hydrogens is 352 g/mol. The van der Waals surface area contributed by atoms with Crippen LogP contribution in [0.15, 0.2) is 42.5 Å². The topological polar surface area (TPSA) is 58.6 Å². The zero-order valence-electron chi connectivity index (χ0n) is 15.2. The van der Waals surface area contributed by atoms with Gasteiger partial charge >= 0.3 is 0 Å². The van der Waals surface area contributed by atoms with E-state index in [1.807, 2.05) is 43.3 Å². The van der Waals surface area contributed by atoms with Crippen molar-refractivity contribution in [3.63, 3.8) is 0 Å². The standard InChI is InChI=1S/C20H23ClN2O3/c1-14-11-18(19(26-3)13-17(14)21)23(15(2)24)10-9-22-20(25)12-16-7-5-4-6-8-16/h4-8,11,13H,9-10,12H2,1-3H3,(H,22,25). The first-order valence-corrected chi connectivity index (χ1v) is 8.73. The van der Waals surface area contributed by atoms with Gasteiger partial charge in [-0.2, -0.15) is 0 Å². The second-order valence-electron chi connectivity index (χ2n) is 5.96. The lowest BCUT2D eigenvalue weighted by molar-refractivity contribution is -0.121. The quantitative estimate of drug-likeness (QED) is 0.808. The fourth-order valence-corrected chi connectivity index (χ4v) is 2.77. The fourth-order valence-electron chi connectivity index (χ4n) is 2.62. The van der Waals surface area contributed by atoms with Gasteiger partial charge in [-0.25, -0.2) is 0 Å². The van der Waals surface area contributed by atoms with E-state index in [-0.39, 0.29) is 11.8 Å². The Morgan fingerprint density at radius 3 is 2.50 bits per heavy atom. The van der Waals surface area contributed by atoms with Crippen molar-refractivity contribution in [2.45, 2.75) is 20.3 Å². The Balaban J connectivity index is 2.02. The molecule has 0 radical (unpaired) electrons. The zero-order chi connectivity index (χ0) is 19.1. The summed E-state index contributed by atoms with van der Waals surface area (Å²) < 4.78 is 5.35. The van der Waals surface area contributed by atoms with Gasteiger partial charge in [0.1, 0.15) is 5.75 Å². The van der Waals surface area contributed by atoms with Crippen molar-refractivity contribution in [3.8, 4) is 5.75 Å². The Morgan fingerprint density at radius 1 is 1.19 bits per heavy atom. The van der Waals surface area contributed by atoms with Crippen LogP contribution in [-0.2, 0) is 16.0 Å². The summed E-state index contributed by atoms with van der Waals surface area (Å²) in [5.74, 6) is 0.299. The van der Waals surface area contributed by atoms with Gasteiger partial charge in [-0.05, 0) is 24.1 Å². The Kier molecular flexibility index (Phi) is 7.04. The maximum Gasteiger partial charge on any atom is 0.224 e. The van der Waals surface area contributed by atoms with Crippen LogP contribution in [0.4, 0.5) is 5.69 Å². The van der Waals surface area contributed by atoms with Crippen LogP contribution in [0.3, 0.4) is 0 Å². The van der Waals surface area contributed by atoms with E-state index in [9.17, 15) is 9.59 Å². The monoisotopic (exact) mass is 374 g/mol. The summed E-state index contributed by atoms with van der Waals surface area (Å²) in [5.41, 5.74) is 2.43. The van der Waals surface area contributed by atoms with Crippen molar-refractivity contribution >= 4 is 29.1 Å². The first-order chi connectivity index (χ1) is 12.4. The van der Waals surface area contributed by atoms with E-state index in [4.69, 9.17) is 16.3 Å². The highest BCUT2D eigenvalue weighted by Gasteiger charge is 2.18. The van der Waals surface area contributed by atoms with E-state index in [2.05, 4.69) is 5.32 Å². The number of benzene rings is 2. The number of rotatable bonds is 7. The van der Waals surface area contributed by atoms with Crippen LogP contribution in [0.2, 0.25) is 5.02 Å². The third-order valence-electron chi connectivity index (χ3n) is 4.00. The van der Waals surface area contributed by atoms with Gasteiger partial charge in [0.2, 0.25) is 11.8 Å². The predicted molar refractivity (Wildman–Crippen MR) is 104 cm³/mol. The van der Waals surface area contributed by atoms with E-state index >= 15 is 0 Å². The van der Waals surface area contributed by atoms with Crippen LogP contribution in [0.1, 0.15) is 18.1 Å². The van der Waals surface area contributed by atoms with Crippen LogP contribution in [-0.4, -0.2) is 32.0 Å². The maximum atomic E-state index is 12.1. The molecule has 0 fully saturated rings. The second kappa shape index (κ2) is 9.25. The summed E-state index contributed by atoms with van der Waals surface area (Å²) in [6, 6.07) is 13.0. The van der Waals surface area contributed by atoms with Crippen molar-refractivity contribution in [3.05, 3.63) is 58.6 Å². The molecule has 0 saturated heterocycles.